The summed E-state index contributed by atoms with van der Waals surface area (Å²) in [6.45, 7) is 3.46. The molecule has 2 aromatic heterocycles. The number of nitrogens with zero attached hydrogens (tertiary/aromatic N) is 4. The fraction of sp³-hybridized carbons (Fsp3) is 0.650. The maximum absolute atomic E-state index is 13.1. The number of pyridine rings is 1. The predicted octanol–water partition coefficient (Wildman–Crippen LogP) is 1.43. The van der Waals surface area contributed by atoms with Gasteiger partial charge in [0, 0.05) is 42.9 Å². The van der Waals surface area contributed by atoms with Gasteiger partial charge in [-0.25, -0.2) is 17.7 Å². The molecule has 2 saturated heterocycles. The van der Waals surface area contributed by atoms with Crippen LogP contribution < -0.4 is 10.9 Å². The second-order valence-electron chi connectivity index (χ2n) is 8.77. The molecule has 0 bridgehead atoms. The Hall–Kier alpha value is -2.04. The monoisotopic (exact) mass is 433 g/mol. The highest BCUT2D eigenvalue weighted by Crippen LogP contribution is 2.53. The third-order valence-corrected chi connectivity index (χ3v) is 7.95. The van der Waals surface area contributed by atoms with Crippen molar-refractivity contribution < 1.29 is 13.2 Å². The van der Waals surface area contributed by atoms with E-state index in [1.807, 2.05) is 17.6 Å². The van der Waals surface area contributed by atoms with Crippen molar-refractivity contribution in [3.05, 3.63) is 28.2 Å². The van der Waals surface area contributed by atoms with Crippen molar-refractivity contribution in [1.29, 1.82) is 0 Å². The average Bonchev–Trinajstić information content (AvgIpc) is 3.36. The smallest absolute Gasteiger partial charge is 0.255 e. The van der Waals surface area contributed by atoms with Gasteiger partial charge in [0.15, 0.2) is 0 Å². The van der Waals surface area contributed by atoms with Gasteiger partial charge >= 0.3 is 0 Å². The van der Waals surface area contributed by atoms with Crippen LogP contribution in [0, 0.1) is 6.92 Å². The van der Waals surface area contributed by atoms with Crippen molar-refractivity contribution in [2.45, 2.75) is 56.7 Å². The zero-order chi connectivity index (χ0) is 21.1. The molecule has 1 N–H and O–H groups in total. The first-order valence-electron chi connectivity index (χ1n) is 10.5. The Labute approximate surface area is 175 Å². The van der Waals surface area contributed by atoms with Gasteiger partial charge in [-0.1, -0.05) is 0 Å². The lowest BCUT2D eigenvalue weighted by Crippen LogP contribution is -2.42. The van der Waals surface area contributed by atoms with Gasteiger partial charge in [0.2, 0.25) is 16.0 Å². The molecule has 5 rings (SSSR count). The average molecular weight is 434 g/mol. The van der Waals surface area contributed by atoms with Crippen molar-refractivity contribution in [2.24, 2.45) is 0 Å². The number of rotatable bonds is 4. The molecule has 0 aromatic carbocycles. The van der Waals surface area contributed by atoms with Crippen LogP contribution in [0.25, 0.3) is 11.0 Å². The summed E-state index contributed by atoms with van der Waals surface area (Å²) in [5, 5.41) is 4.18. The molecule has 3 aliphatic rings. The number of piperidine rings is 1. The quantitative estimate of drug-likeness (QED) is 0.777. The van der Waals surface area contributed by atoms with Crippen LogP contribution in [0.4, 0.5) is 5.95 Å². The third kappa shape index (κ3) is 3.40. The highest BCUT2D eigenvalue weighted by atomic mass is 32.2. The number of anilines is 1. The van der Waals surface area contributed by atoms with Gasteiger partial charge in [-0.05, 0) is 45.1 Å². The lowest BCUT2D eigenvalue weighted by atomic mass is 10.1. The Balaban J connectivity index is 1.45. The molecule has 10 heteroatoms. The molecule has 1 spiro atoms. The van der Waals surface area contributed by atoms with E-state index in [2.05, 4.69) is 10.3 Å². The Bertz CT molecular complexity index is 1150. The van der Waals surface area contributed by atoms with E-state index < -0.39 is 10.0 Å². The molecule has 1 saturated carbocycles. The number of ether oxygens (including phenoxy) is 1. The topological polar surface area (TPSA) is 106 Å². The van der Waals surface area contributed by atoms with E-state index in [1.165, 1.54) is 10.6 Å². The van der Waals surface area contributed by atoms with Gasteiger partial charge in [-0.3, -0.25) is 9.36 Å². The Kier molecular flexibility index (Phi) is 4.64. The van der Waals surface area contributed by atoms with Crippen molar-refractivity contribution in [2.75, 3.05) is 31.3 Å². The van der Waals surface area contributed by atoms with E-state index in [0.29, 0.717) is 49.7 Å². The van der Waals surface area contributed by atoms with Gasteiger partial charge in [0.1, 0.15) is 5.65 Å². The molecule has 3 fully saturated rings. The first-order chi connectivity index (χ1) is 14.3. The SMILES string of the molecule is Cc1cc2cnc(NC3CCN(S(C)(=O)=O)CC3)nc2n([C@@H]2CCOC23CC3)c1=O. The standard InChI is InChI=1S/C20H27N5O4S/c1-13-11-14-12-21-19(22-15-3-8-24(9-4-15)30(2,27)28)23-17(14)25(18(13)26)16-5-10-29-20(16)6-7-20/h11-12,15-16H,3-10H2,1-2H3,(H,21,22,23)/t16-/m1/s1. The maximum Gasteiger partial charge on any atom is 0.255 e. The fourth-order valence-corrected chi connectivity index (χ4v) is 5.70. The molecule has 0 amide bonds. The number of hydrogen-bond donors (Lipinski definition) is 1. The van der Waals surface area contributed by atoms with Crippen molar-refractivity contribution in [1.82, 2.24) is 18.8 Å². The second-order valence-corrected chi connectivity index (χ2v) is 10.8. The van der Waals surface area contributed by atoms with E-state index >= 15 is 0 Å². The van der Waals surface area contributed by atoms with Crippen LogP contribution in [0.5, 0.6) is 0 Å². The number of sulfonamides is 1. The molecule has 1 aliphatic carbocycles. The minimum atomic E-state index is -3.16. The Morgan fingerprint density at radius 2 is 1.97 bits per heavy atom. The van der Waals surface area contributed by atoms with Crippen LogP contribution in [-0.2, 0) is 14.8 Å². The summed E-state index contributed by atoms with van der Waals surface area (Å²) in [7, 11) is -3.16. The predicted molar refractivity (Wildman–Crippen MR) is 113 cm³/mol. The van der Waals surface area contributed by atoms with Gasteiger partial charge in [-0.15, -0.1) is 0 Å². The summed E-state index contributed by atoms with van der Waals surface area (Å²) in [4.78, 5) is 22.3. The first kappa shape index (κ1) is 19.9. The summed E-state index contributed by atoms with van der Waals surface area (Å²) in [6, 6.07) is 1.95. The number of fused-ring (bicyclic) bond motifs is 1. The number of nitrogens with one attached hydrogen (secondary N) is 1. The van der Waals surface area contributed by atoms with E-state index in [-0.39, 0.29) is 23.2 Å². The lowest BCUT2D eigenvalue weighted by molar-refractivity contribution is 0.0707. The third-order valence-electron chi connectivity index (χ3n) is 6.65. The van der Waals surface area contributed by atoms with E-state index in [9.17, 15) is 13.2 Å². The molecular weight excluding hydrogens is 406 g/mol. The highest BCUT2D eigenvalue weighted by molar-refractivity contribution is 7.88. The summed E-state index contributed by atoms with van der Waals surface area (Å²) < 4.78 is 32.7. The van der Waals surface area contributed by atoms with Gasteiger partial charge < -0.3 is 10.1 Å². The molecule has 2 aromatic rings. The highest BCUT2D eigenvalue weighted by Gasteiger charge is 2.55. The van der Waals surface area contributed by atoms with Crippen molar-refractivity contribution in [3.8, 4) is 0 Å². The van der Waals surface area contributed by atoms with Crippen molar-refractivity contribution >= 4 is 27.0 Å². The summed E-state index contributed by atoms with van der Waals surface area (Å²) in [5.74, 6) is 0.473. The summed E-state index contributed by atoms with van der Waals surface area (Å²) >= 11 is 0. The van der Waals surface area contributed by atoms with Crippen LogP contribution in [0.3, 0.4) is 0 Å². The lowest BCUT2D eigenvalue weighted by Gasteiger charge is -2.30. The minimum absolute atomic E-state index is 0.00755. The fourth-order valence-electron chi connectivity index (χ4n) is 4.83. The van der Waals surface area contributed by atoms with E-state index in [1.54, 1.807) is 6.20 Å². The largest absolute Gasteiger partial charge is 0.373 e. The van der Waals surface area contributed by atoms with Gasteiger partial charge in [0.25, 0.3) is 5.56 Å². The number of hydrogen-bond acceptors (Lipinski definition) is 7. The maximum atomic E-state index is 13.1. The molecular formula is C20H27N5O4S. The van der Waals surface area contributed by atoms with Gasteiger partial charge in [-0.2, -0.15) is 4.98 Å². The van der Waals surface area contributed by atoms with Crippen LogP contribution in [0.15, 0.2) is 17.1 Å². The molecule has 162 valence electrons. The summed E-state index contributed by atoms with van der Waals surface area (Å²) in [6.07, 6.45) is 7.16. The van der Waals surface area contributed by atoms with Crippen molar-refractivity contribution in [3.63, 3.8) is 0 Å². The Morgan fingerprint density at radius 1 is 1.23 bits per heavy atom. The molecule has 30 heavy (non-hydrogen) atoms. The van der Waals surface area contributed by atoms with E-state index in [0.717, 1.165) is 24.6 Å². The van der Waals surface area contributed by atoms with Crippen LogP contribution in [0.1, 0.15) is 43.7 Å². The normalized spacial score (nSPS) is 24.5. The summed E-state index contributed by atoms with van der Waals surface area (Å²) in [5.41, 5.74) is 1.10. The molecule has 0 radical (unpaired) electrons. The molecule has 4 heterocycles. The Morgan fingerprint density at radius 3 is 2.63 bits per heavy atom. The van der Waals surface area contributed by atoms with Crippen LogP contribution >= 0.6 is 0 Å². The minimum Gasteiger partial charge on any atom is -0.373 e. The van der Waals surface area contributed by atoms with Gasteiger partial charge in [0.05, 0.1) is 17.9 Å². The molecule has 0 unspecified atom stereocenters. The first-order valence-corrected chi connectivity index (χ1v) is 12.4. The number of aromatic nitrogens is 3. The second kappa shape index (κ2) is 7.00. The van der Waals surface area contributed by atoms with Crippen LogP contribution in [0.2, 0.25) is 0 Å². The molecule has 2 aliphatic heterocycles. The molecule has 1 atom stereocenters. The molecule has 9 nitrogen and oxygen atoms in total. The number of aryl methyl sites for hydroxylation is 1. The zero-order valence-electron chi connectivity index (χ0n) is 17.3. The van der Waals surface area contributed by atoms with E-state index in [4.69, 9.17) is 9.72 Å². The zero-order valence-corrected chi connectivity index (χ0v) is 18.1. The van der Waals surface area contributed by atoms with Crippen LogP contribution in [-0.4, -0.2) is 64.9 Å².